The third kappa shape index (κ3) is 2.67. The molecule has 7 heteroatoms. The van der Waals surface area contributed by atoms with E-state index in [1.807, 2.05) is 0 Å². The van der Waals surface area contributed by atoms with Crippen LogP contribution in [0.1, 0.15) is 12.8 Å². The summed E-state index contributed by atoms with van der Waals surface area (Å²) in [7, 11) is 0. The highest BCUT2D eigenvalue weighted by molar-refractivity contribution is 5.90. The largest absolute Gasteiger partial charge is 0.481 e. The molecule has 2 aliphatic heterocycles. The number of urea groups is 1. The Morgan fingerprint density at radius 2 is 1.96 bits per heavy atom. The van der Waals surface area contributed by atoms with Gasteiger partial charge in [-0.1, -0.05) is 0 Å². The zero-order chi connectivity index (χ0) is 16.0. The summed E-state index contributed by atoms with van der Waals surface area (Å²) in [6.45, 7) is 0.965. The highest BCUT2D eigenvalue weighted by atomic mass is 16.7. The van der Waals surface area contributed by atoms with Crippen molar-refractivity contribution in [3.05, 3.63) is 18.2 Å². The molecule has 0 bridgehead atoms. The Bertz CT molecular complexity index is 658. The minimum atomic E-state index is -0.805. The first-order chi connectivity index (χ1) is 11.1. The van der Waals surface area contributed by atoms with Crippen molar-refractivity contribution < 1.29 is 24.2 Å². The number of anilines is 1. The van der Waals surface area contributed by atoms with E-state index >= 15 is 0 Å². The van der Waals surface area contributed by atoms with Gasteiger partial charge in [-0.25, -0.2) is 4.79 Å². The quantitative estimate of drug-likeness (QED) is 0.890. The molecule has 2 heterocycles. The lowest BCUT2D eigenvalue weighted by Gasteiger charge is -2.17. The van der Waals surface area contributed by atoms with Crippen molar-refractivity contribution in [3.8, 4) is 11.5 Å². The van der Waals surface area contributed by atoms with Gasteiger partial charge in [0.05, 0.1) is 5.92 Å². The molecule has 2 amide bonds. The number of ether oxygens (including phenoxy) is 2. The van der Waals surface area contributed by atoms with Gasteiger partial charge >= 0.3 is 12.0 Å². The molecule has 1 saturated heterocycles. The molecule has 0 spiro atoms. The summed E-state index contributed by atoms with van der Waals surface area (Å²) >= 11 is 0. The van der Waals surface area contributed by atoms with Crippen LogP contribution in [-0.4, -0.2) is 41.9 Å². The van der Waals surface area contributed by atoms with Gasteiger partial charge in [0.2, 0.25) is 6.79 Å². The summed E-state index contributed by atoms with van der Waals surface area (Å²) in [6, 6.07) is 4.94. The van der Waals surface area contributed by atoms with Crippen LogP contribution in [0.5, 0.6) is 11.5 Å². The molecular formula is C16H18N2O5. The fraction of sp³-hybridized carbons (Fsp3) is 0.500. The number of carboxylic acids is 1. The van der Waals surface area contributed by atoms with E-state index in [0.29, 0.717) is 29.6 Å². The minimum absolute atomic E-state index is 0.0787. The molecule has 4 rings (SSSR count). The SMILES string of the molecule is O=C(O)[C@@H]1CN(C(=O)Nc2ccc3c(c2)OCO3)C[C@H]1C1CC1. The van der Waals surface area contributed by atoms with E-state index in [0.717, 1.165) is 12.8 Å². The molecule has 0 radical (unpaired) electrons. The predicted octanol–water partition coefficient (Wildman–Crippen LogP) is 1.99. The molecule has 0 aromatic heterocycles. The summed E-state index contributed by atoms with van der Waals surface area (Å²) in [6.07, 6.45) is 2.15. The van der Waals surface area contributed by atoms with Crippen molar-refractivity contribution in [1.82, 2.24) is 4.90 Å². The number of hydrogen-bond acceptors (Lipinski definition) is 4. The van der Waals surface area contributed by atoms with Gasteiger partial charge in [-0.15, -0.1) is 0 Å². The first-order valence-corrected chi connectivity index (χ1v) is 7.80. The Labute approximate surface area is 133 Å². The number of likely N-dealkylation sites (tertiary alicyclic amines) is 1. The van der Waals surface area contributed by atoms with E-state index < -0.39 is 11.9 Å². The highest BCUT2D eigenvalue weighted by Gasteiger charge is 2.46. The summed E-state index contributed by atoms with van der Waals surface area (Å²) < 4.78 is 10.5. The van der Waals surface area contributed by atoms with Crippen LogP contribution in [0.15, 0.2) is 18.2 Å². The second kappa shape index (κ2) is 5.33. The highest BCUT2D eigenvalue weighted by Crippen LogP contribution is 2.44. The van der Waals surface area contributed by atoms with Gasteiger partial charge in [0.1, 0.15) is 0 Å². The molecule has 23 heavy (non-hydrogen) atoms. The molecule has 1 aliphatic carbocycles. The van der Waals surface area contributed by atoms with E-state index in [1.54, 1.807) is 23.1 Å². The van der Waals surface area contributed by atoms with Gasteiger partial charge < -0.3 is 24.8 Å². The fourth-order valence-electron chi connectivity index (χ4n) is 3.43. The second-order valence-corrected chi connectivity index (χ2v) is 6.35. The number of rotatable bonds is 3. The summed E-state index contributed by atoms with van der Waals surface area (Å²) in [4.78, 5) is 25.4. The molecule has 2 N–H and O–H groups in total. The van der Waals surface area contributed by atoms with Crippen molar-refractivity contribution in [2.45, 2.75) is 12.8 Å². The lowest BCUT2D eigenvalue weighted by Crippen LogP contribution is -2.33. The Morgan fingerprint density at radius 1 is 1.17 bits per heavy atom. The summed E-state index contributed by atoms with van der Waals surface area (Å²) in [5.74, 6) is 0.534. The van der Waals surface area contributed by atoms with Gasteiger partial charge in [0, 0.05) is 24.8 Å². The van der Waals surface area contributed by atoms with Crippen LogP contribution in [0, 0.1) is 17.8 Å². The molecule has 7 nitrogen and oxygen atoms in total. The maximum atomic E-state index is 12.4. The predicted molar refractivity (Wildman–Crippen MR) is 80.5 cm³/mol. The van der Waals surface area contributed by atoms with Crippen LogP contribution < -0.4 is 14.8 Å². The zero-order valence-corrected chi connectivity index (χ0v) is 12.5. The first kappa shape index (κ1) is 14.2. The number of fused-ring (bicyclic) bond motifs is 1. The standard InChI is InChI=1S/C16H18N2O5/c19-15(20)12-7-18(6-11(12)9-1-2-9)16(21)17-10-3-4-13-14(5-10)23-8-22-13/h3-5,9,11-12H,1-2,6-8H2,(H,17,21)(H,19,20)/t11-,12+/m0/s1. The van der Waals surface area contributed by atoms with Crippen LogP contribution >= 0.6 is 0 Å². The number of amides is 2. The van der Waals surface area contributed by atoms with E-state index in [-0.39, 0.29) is 25.3 Å². The van der Waals surface area contributed by atoms with Crippen molar-refractivity contribution >= 4 is 17.7 Å². The van der Waals surface area contributed by atoms with Crippen LogP contribution in [0.2, 0.25) is 0 Å². The third-order valence-electron chi connectivity index (χ3n) is 4.82. The van der Waals surface area contributed by atoms with Crippen molar-refractivity contribution in [1.29, 1.82) is 0 Å². The second-order valence-electron chi connectivity index (χ2n) is 6.35. The lowest BCUT2D eigenvalue weighted by atomic mass is 9.92. The molecule has 2 atom stereocenters. The van der Waals surface area contributed by atoms with E-state index in [1.165, 1.54) is 0 Å². The molecule has 3 aliphatic rings. The van der Waals surface area contributed by atoms with Crippen LogP contribution in [0.25, 0.3) is 0 Å². The smallest absolute Gasteiger partial charge is 0.321 e. The third-order valence-corrected chi connectivity index (χ3v) is 4.82. The number of carbonyl (C=O) groups is 2. The van der Waals surface area contributed by atoms with Gasteiger partial charge in [0.15, 0.2) is 11.5 Å². The van der Waals surface area contributed by atoms with Crippen LogP contribution in [0.4, 0.5) is 10.5 Å². The van der Waals surface area contributed by atoms with Gasteiger partial charge in [-0.05, 0) is 36.8 Å². The Kier molecular flexibility index (Phi) is 3.28. The van der Waals surface area contributed by atoms with Crippen molar-refractivity contribution in [2.75, 3.05) is 25.2 Å². The molecule has 0 unspecified atom stereocenters. The number of benzene rings is 1. The van der Waals surface area contributed by atoms with E-state index in [4.69, 9.17) is 9.47 Å². The molecule has 122 valence electrons. The number of nitrogens with one attached hydrogen (secondary N) is 1. The van der Waals surface area contributed by atoms with E-state index in [9.17, 15) is 14.7 Å². The number of carboxylic acid groups (broad SMARTS) is 1. The van der Waals surface area contributed by atoms with Crippen LogP contribution in [-0.2, 0) is 4.79 Å². The minimum Gasteiger partial charge on any atom is -0.481 e. The Morgan fingerprint density at radius 3 is 2.70 bits per heavy atom. The zero-order valence-electron chi connectivity index (χ0n) is 12.5. The maximum Gasteiger partial charge on any atom is 0.321 e. The van der Waals surface area contributed by atoms with Gasteiger partial charge in [0.25, 0.3) is 0 Å². The summed E-state index contributed by atoms with van der Waals surface area (Å²) in [5.41, 5.74) is 0.612. The average Bonchev–Trinajstić information content (AvgIpc) is 3.10. The fourth-order valence-corrected chi connectivity index (χ4v) is 3.43. The lowest BCUT2D eigenvalue weighted by molar-refractivity contribution is -0.142. The molecule has 1 aromatic carbocycles. The van der Waals surface area contributed by atoms with Crippen molar-refractivity contribution in [3.63, 3.8) is 0 Å². The summed E-state index contributed by atoms with van der Waals surface area (Å²) in [5, 5.41) is 12.2. The van der Waals surface area contributed by atoms with Gasteiger partial charge in [-0.3, -0.25) is 4.79 Å². The average molecular weight is 318 g/mol. The first-order valence-electron chi connectivity index (χ1n) is 7.80. The van der Waals surface area contributed by atoms with Gasteiger partial charge in [-0.2, -0.15) is 0 Å². The number of hydrogen-bond donors (Lipinski definition) is 2. The maximum absolute atomic E-state index is 12.4. The van der Waals surface area contributed by atoms with Crippen molar-refractivity contribution in [2.24, 2.45) is 17.8 Å². The van der Waals surface area contributed by atoms with E-state index in [2.05, 4.69) is 5.32 Å². The number of nitrogens with zero attached hydrogens (tertiary/aromatic N) is 1. The van der Waals surface area contributed by atoms with Crippen LogP contribution in [0.3, 0.4) is 0 Å². The Balaban J connectivity index is 1.44. The topological polar surface area (TPSA) is 88.1 Å². The number of aliphatic carboxylic acids is 1. The normalized spacial score (nSPS) is 25.5. The number of carbonyl (C=O) groups excluding carboxylic acids is 1. The molecule has 1 saturated carbocycles. The molecule has 2 fully saturated rings. The molecule has 1 aromatic rings. The Hall–Kier alpha value is -2.44. The molecular weight excluding hydrogens is 300 g/mol. The monoisotopic (exact) mass is 318 g/mol.